The summed E-state index contributed by atoms with van der Waals surface area (Å²) in [7, 11) is 1.12. The number of carbonyl (C=O) groups excluding carboxylic acids is 1. The number of hydrogen-bond acceptors (Lipinski definition) is 5. The van der Waals surface area contributed by atoms with Crippen LogP contribution in [-0.2, 0) is 4.74 Å². The Labute approximate surface area is 89.9 Å². The fourth-order valence-corrected chi connectivity index (χ4v) is 1.42. The molecule has 0 atom stereocenters. The van der Waals surface area contributed by atoms with Crippen molar-refractivity contribution >= 4 is 16.9 Å². The quantitative estimate of drug-likeness (QED) is 0.578. The fraction of sp³-hybridized carbons (Fsp3) is 0.0909. The molecule has 2 rings (SSSR count). The number of benzene rings is 1. The van der Waals surface area contributed by atoms with Gasteiger partial charge < -0.3 is 14.3 Å². The first-order valence-corrected chi connectivity index (χ1v) is 4.48. The van der Waals surface area contributed by atoms with Crippen molar-refractivity contribution in [1.29, 1.82) is 0 Å². The molecule has 0 aliphatic heterocycles. The molecule has 0 radical (unpaired) electrons. The van der Waals surface area contributed by atoms with Gasteiger partial charge in [0.05, 0.1) is 12.5 Å². The zero-order chi connectivity index (χ0) is 11.7. The molecule has 0 amide bonds. The highest BCUT2D eigenvalue weighted by molar-refractivity contribution is 5.98. The first kappa shape index (κ1) is 10.2. The predicted molar refractivity (Wildman–Crippen MR) is 55.5 cm³/mol. The molecule has 1 N–H and O–H groups in total. The molecule has 5 nitrogen and oxygen atoms in total. The van der Waals surface area contributed by atoms with Gasteiger partial charge in [-0.15, -0.1) is 0 Å². The van der Waals surface area contributed by atoms with Gasteiger partial charge in [-0.25, -0.2) is 9.59 Å². The molecule has 1 heterocycles. The summed E-state index contributed by atoms with van der Waals surface area (Å²) >= 11 is 0. The maximum atomic E-state index is 11.4. The van der Waals surface area contributed by atoms with Gasteiger partial charge in [-0.1, -0.05) is 12.1 Å². The second-order valence-corrected chi connectivity index (χ2v) is 3.10. The third-order valence-electron chi connectivity index (χ3n) is 2.18. The van der Waals surface area contributed by atoms with E-state index in [1.165, 1.54) is 6.07 Å². The van der Waals surface area contributed by atoms with Gasteiger partial charge in [-0.2, -0.15) is 0 Å². The van der Waals surface area contributed by atoms with Crippen molar-refractivity contribution in [3.05, 3.63) is 40.2 Å². The average Bonchev–Trinajstić information content (AvgIpc) is 2.28. The highest BCUT2D eigenvalue weighted by atomic mass is 16.5. The summed E-state index contributed by atoms with van der Waals surface area (Å²) in [6, 6.07) is 6.38. The number of hydrogen-bond donors (Lipinski definition) is 1. The molecular formula is C11H8O5. The van der Waals surface area contributed by atoms with E-state index in [0.29, 0.717) is 5.39 Å². The van der Waals surface area contributed by atoms with Crippen molar-refractivity contribution in [2.75, 3.05) is 7.11 Å². The Morgan fingerprint density at radius 2 is 2.06 bits per heavy atom. The normalized spacial score (nSPS) is 10.3. The summed E-state index contributed by atoms with van der Waals surface area (Å²) in [6.45, 7) is 0. The lowest BCUT2D eigenvalue weighted by Crippen LogP contribution is -2.15. The van der Waals surface area contributed by atoms with Gasteiger partial charge in [-0.05, 0) is 12.1 Å². The van der Waals surface area contributed by atoms with Gasteiger partial charge in [0.2, 0.25) is 0 Å². The van der Waals surface area contributed by atoms with Crippen LogP contribution in [0, 0.1) is 0 Å². The lowest BCUT2D eigenvalue weighted by atomic mass is 10.1. The summed E-state index contributed by atoms with van der Waals surface area (Å²) in [5.74, 6) is -1.34. The van der Waals surface area contributed by atoms with Crippen LogP contribution in [0.4, 0.5) is 0 Å². The Kier molecular flexibility index (Phi) is 2.36. The summed E-state index contributed by atoms with van der Waals surface area (Å²) in [4.78, 5) is 22.7. The molecule has 0 spiro atoms. The van der Waals surface area contributed by atoms with Crippen LogP contribution in [0.25, 0.3) is 11.0 Å². The van der Waals surface area contributed by atoms with E-state index in [0.717, 1.165) is 7.11 Å². The molecule has 1 aromatic heterocycles. The molecular weight excluding hydrogens is 212 g/mol. The number of para-hydroxylation sites is 1. The second-order valence-electron chi connectivity index (χ2n) is 3.10. The summed E-state index contributed by atoms with van der Waals surface area (Å²) in [6.07, 6.45) is 0. The third kappa shape index (κ3) is 1.42. The average molecular weight is 220 g/mol. The van der Waals surface area contributed by atoms with E-state index in [-0.39, 0.29) is 5.58 Å². The maximum Gasteiger partial charge on any atom is 0.354 e. The number of methoxy groups -OCH3 is 1. The maximum absolute atomic E-state index is 11.4. The monoisotopic (exact) mass is 220 g/mol. The van der Waals surface area contributed by atoms with E-state index >= 15 is 0 Å². The minimum absolute atomic E-state index is 0.220. The summed E-state index contributed by atoms with van der Waals surface area (Å²) < 4.78 is 9.27. The number of fused-ring (bicyclic) bond motifs is 1. The fourth-order valence-electron chi connectivity index (χ4n) is 1.42. The highest BCUT2D eigenvalue weighted by Crippen LogP contribution is 2.25. The van der Waals surface area contributed by atoms with E-state index in [4.69, 9.17) is 4.42 Å². The second kappa shape index (κ2) is 3.69. The molecule has 0 bridgehead atoms. The van der Waals surface area contributed by atoms with Crippen molar-refractivity contribution in [1.82, 2.24) is 0 Å². The van der Waals surface area contributed by atoms with Gasteiger partial charge in [-0.3, -0.25) is 0 Å². The van der Waals surface area contributed by atoms with Crippen molar-refractivity contribution in [3.63, 3.8) is 0 Å². The molecule has 0 saturated heterocycles. The lowest BCUT2D eigenvalue weighted by molar-refractivity contribution is 0.0593. The summed E-state index contributed by atoms with van der Waals surface area (Å²) in [5.41, 5.74) is -1.18. The molecule has 0 aliphatic carbocycles. The lowest BCUT2D eigenvalue weighted by Gasteiger charge is -2.03. The molecule has 82 valence electrons. The van der Waals surface area contributed by atoms with E-state index in [9.17, 15) is 14.7 Å². The van der Waals surface area contributed by atoms with E-state index in [1.54, 1.807) is 18.2 Å². The largest absolute Gasteiger partial charge is 0.506 e. The van der Waals surface area contributed by atoms with Gasteiger partial charge in [0.1, 0.15) is 11.3 Å². The smallest absolute Gasteiger partial charge is 0.354 e. The Bertz CT molecular complexity index is 611. The third-order valence-corrected chi connectivity index (χ3v) is 2.18. The Morgan fingerprint density at radius 1 is 1.38 bits per heavy atom. The van der Waals surface area contributed by atoms with Crippen molar-refractivity contribution in [3.8, 4) is 5.75 Å². The van der Waals surface area contributed by atoms with Crippen molar-refractivity contribution < 1.29 is 19.1 Å². The molecule has 2 aromatic rings. The molecule has 5 heteroatoms. The minimum Gasteiger partial charge on any atom is -0.506 e. The zero-order valence-corrected chi connectivity index (χ0v) is 8.39. The number of ether oxygens (including phenoxy) is 1. The molecule has 0 fully saturated rings. The Balaban J connectivity index is 2.86. The van der Waals surface area contributed by atoms with Crippen LogP contribution in [0.3, 0.4) is 0 Å². The Morgan fingerprint density at radius 3 is 2.75 bits per heavy atom. The van der Waals surface area contributed by atoms with E-state index in [1.807, 2.05) is 0 Å². The predicted octanol–water partition coefficient (Wildman–Crippen LogP) is 1.29. The van der Waals surface area contributed by atoms with Crippen LogP contribution in [0.5, 0.6) is 5.75 Å². The molecule has 1 aromatic carbocycles. The first-order valence-electron chi connectivity index (χ1n) is 4.48. The molecule has 0 saturated carbocycles. The standard InChI is InChI=1S/C11H8O5/c1-15-10(13)8-9(12)6-4-2-3-5-7(6)16-11(8)14/h2-5,12H,1H3. The van der Waals surface area contributed by atoms with Gasteiger partial charge in [0.25, 0.3) is 0 Å². The van der Waals surface area contributed by atoms with Crippen LogP contribution in [0.1, 0.15) is 10.4 Å². The van der Waals surface area contributed by atoms with Crippen LogP contribution in [0.15, 0.2) is 33.5 Å². The van der Waals surface area contributed by atoms with Crippen LogP contribution < -0.4 is 5.63 Å². The van der Waals surface area contributed by atoms with Crippen molar-refractivity contribution in [2.24, 2.45) is 0 Å². The van der Waals surface area contributed by atoms with E-state index < -0.39 is 22.9 Å². The first-order chi connectivity index (χ1) is 7.65. The number of aromatic hydroxyl groups is 1. The highest BCUT2D eigenvalue weighted by Gasteiger charge is 2.20. The van der Waals surface area contributed by atoms with Crippen LogP contribution in [-0.4, -0.2) is 18.2 Å². The van der Waals surface area contributed by atoms with Crippen molar-refractivity contribution in [2.45, 2.75) is 0 Å². The molecule has 16 heavy (non-hydrogen) atoms. The zero-order valence-electron chi connectivity index (χ0n) is 8.39. The number of esters is 1. The Hall–Kier alpha value is -2.30. The topological polar surface area (TPSA) is 76.7 Å². The number of carbonyl (C=O) groups is 1. The van der Waals surface area contributed by atoms with Gasteiger partial charge in [0.15, 0.2) is 5.56 Å². The molecule has 0 unspecified atom stereocenters. The molecule has 0 aliphatic rings. The van der Waals surface area contributed by atoms with Gasteiger partial charge >= 0.3 is 11.6 Å². The number of rotatable bonds is 1. The summed E-state index contributed by atoms with van der Waals surface area (Å²) in [5, 5.41) is 10.1. The minimum atomic E-state index is -0.919. The van der Waals surface area contributed by atoms with Crippen LogP contribution in [0.2, 0.25) is 0 Å². The SMILES string of the molecule is COC(=O)c1c(O)c2ccccc2oc1=O. The van der Waals surface area contributed by atoms with Crippen LogP contribution >= 0.6 is 0 Å². The van der Waals surface area contributed by atoms with Gasteiger partial charge in [0, 0.05) is 0 Å². The van der Waals surface area contributed by atoms with E-state index in [2.05, 4.69) is 4.74 Å².